The highest BCUT2D eigenvalue weighted by Gasteiger charge is 2.33. The molecule has 1 rings (SSSR count). The van der Waals surface area contributed by atoms with Gasteiger partial charge in [-0.25, -0.2) is 0 Å². The highest BCUT2D eigenvalue weighted by Crippen LogP contribution is 2.52. The van der Waals surface area contributed by atoms with Crippen LogP contribution >= 0.6 is 7.60 Å². The summed E-state index contributed by atoms with van der Waals surface area (Å²) in [6, 6.07) is 0. The molecule has 0 aromatic carbocycles. The quantitative estimate of drug-likeness (QED) is 0.429. The third-order valence-electron chi connectivity index (χ3n) is 2.07. The number of hydrogen-bond donors (Lipinski definition) is 0. The minimum atomic E-state index is -3.43. The molecule has 0 unspecified atom stereocenters. The first-order chi connectivity index (χ1) is 8.43. The minimum Gasteiger partial charge on any atom is -0.353 e. The molecule has 0 N–H and O–H groups in total. The third kappa shape index (κ3) is 3.38. The zero-order chi connectivity index (χ0) is 13.8. The molecular formula is C9H15N2O6P. The molecule has 0 saturated heterocycles. The van der Waals surface area contributed by atoms with Gasteiger partial charge in [0.25, 0.3) is 0 Å². The van der Waals surface area contributed by atoms with Gasteiger partial charge in [0.15, 0.2) is 5.69 Å². The van der Waals surface area contributed by atoms with Crippen LogP contribution in [-0.2, 0) is 19.8 Å². The normalized spacial score (nSPS) is 11.7. The van der Waals surface area contributed by atoms with Gasteiger partial charge >= 0.3 is 13.3 Å². The minimum absolute atomic E-state index is 0.0947. The van der Waals surface area contributed by atoms with E-state index < -0.39 is 12.5 Å². The Hall–Kier alpha value is -1.24. The first-order valence-electron chi connectivity index (χ1n) is 5.41. The van der Waals surface area contributed by atoms with E-state index in [4.69, 9.17) is 13.6 Å². The number of aromatic nitrogens is 1. The lowest BCUT2D eigenvalue weighted by molar-refractivity contribution is -0.386. The Bertz CT molecular complexity index is 462. The summed E-state index contributed by atoms with van der Waals surface area (Å²) in [5.74, 6) is -0.0947. The Morgan fingerprint density at radius 1 is 1.39 bits per heavy atom. The van der Waals surface area contributed by atoms with Crippen LogP contribution < -0.4 is 0 Å². The highest BCUT2D eigenvalue weighted by atomic mass is 31.2. The molecule has 0 radical (unpaired) electrons. The summed E-state index contributed by atoms with van der Waals surface area (Å²) in [7, 11) is -3.43. The van der Waals surface area contributed by atoms with E-state index in [0.717, 1.165) is 0 Å². The molecule has 1 heterocycles. The largest absolute Gasteiger partial charge is 0.353 e. The van der Waals surface area contributed by atoms with Crippen molar-refractivity contribution in [1.29, 1.82) is 0 Å². The fourth-order valence-corrected chi connectivity index (χ4v) is 3.05. The van der Waals surface area contributed by atoms with Gasteiger partial charge in [-0.1, -0.05) is 5.16 Å². The van der Waals surface area contributed by atoms with Crippen LogP contribution in [0.15, 0.2) is 4.52 Å². The molecule has 0 amide bonds. The molecule has 0 saturated carbocycles. The molecule has 102 valence electrons. The predicted octanol–water partition coefficient (Wildman–Crippen LogP) is 2.66. The molecule has 0 spiro atoms. The van der Waals surface area contributed by atoms with Crippen LogP contribution in [0.2, 0.25) is 0 Å². The number of nitrogens with zero attached hydrogens (tertiary/aromatic N) is 2. The fourth-order valence-electron chi connectivity index (χ4n) is 1.45. The van der Waals surface area contributed by atoms with Crippen molar-refractivity contribution < 1.29 is 23.1 Å². The molecule has 8 nitrogen and oxygen atoms in total. The first-order valence-corrected chi connectivity index (χ1v) is 7.14. The van der Waals surface area contributed by atoms with Crippen molar-refractivity contribution in [2.75, 3.05) is 13.2 Å². The zero-order valence-electron chi connectivity index (χ0n) is 10.4. The highest BCUT2D eigenvalue weighted by molar-refractivity contribution is 7.53. The van der Waals surface area contributed by atoms with Crippen molar-refractivity contribution in [2.45, 2.75) is 26.9 Å². The third-order valence-corrected chi connectivity index (χ3v) is 4.05. The average molecular weight is 278 g/mol. The van der Waals surface area contributed by atoms with Gasteiger partial charge in [0.1, 0.15) is 6.16 Å². The van der Waals surface area contributed by atoms with Crippen LogP contribution in [0.25, 0.3) is 0 Å². The molecule has 9 heteroatoms. The van der Waals surface area contributed by atoms with Gasteiger partial charge in [0.05, 0.1) is 18.1 Å². The number of rotatable bonds is 7. The second kappa shape index (κ2) is 6.08. The Labute approximate surface area is 104 Å². The van der Waals surface area contributed by atoms with Crippen LogP contribution in [-0.4, -0.2) is 23.3 Å². The lowest BCUT2D eigenvalue weighted by Gasteiger charge is -2.14. The van der Waals surface area contributed by atoms with Crippen LogP contribution in [0, 0.1) is 17.0 Å². The van der Waals surface area contributed by atoms with Crippen LogP contribution in [0.3, 0.4) is 0 Å². The summed E-state index contributed by atoms with van der Waals surface area (Å²) in [4.78, 5) is 10.2. The molecule has 1 aromatic rings. The molecular weight excluding hydrogens is 263 g/mol. The number of aryl methyl sites for hydroxylation is 1. The van der Waals surface area contributed by atoms with E-state index >= 15 is 0 Å². The van der Waals surface area contributed by atoms with Crippen LogP contribution in [0.4, 0.5) is 5.69 Å². The van der Waals surface area contributed by atoms with E-state index in [9.17, 15) is 14.7 Å². The van der Waals surface area contributed by atoms with E-state index in [1.54, 1.807) is 13.8 Å². The van der Waals surface area contributed by atoms with E-state index in [0.29, 0.717) is 0 Å². The van der Waals surface area contributed by atoms with Gasteiger partial charge < -0.3 is 13.6 Å². The summed E-state index contributed by atoms with van der Waals surface area (Å²) < 4.78 is 27.1. The van der Waals surface area contributed by atoms with E-state index in [2.05, 4.69) is 5.16 Å². The van der Waals surface area contributed by atoms with Crippen LogP contribution in [0.1, 0.15) is 25.3 Å². The summed E-state index contributed by atoms with van der Waals surface area (Å²) in [5, 5.41) is 14.3. The monoisotopic (exact) mass is 278 g/mol. The number of nitro groups is 1. The maximum Gasteiger partial charge on any atom is 0.338 e. The molecule has 0 aliphatic heterocycles. The topological polar surface area (TPSA) is 105 Å². The summed E-state index contributed by atoms with van der Waals surface area (Å²) in [6.45, 7) is 5.12. The SMILES string of the molecule is CCOP(=O)(Cc1onc(C)c1[N+](=O)[O-])OCC. The van der Waals surface area contributed by atoms with Crippen molar-refractivity contribution >= 4 is 13.3 Å². The second-order valence-corrected chi connectivity index (χ2v) is 5.46. The number of hydrogen-bond acceptors (Lipinski definition) is 7. The fraction of sp³-hybridized carbons (Fsp3) is 0.667. The summed E-state index contributed by atoms with van der Waals surface area (Å²) >= 11 is 0. The Kier molecular flexibility index (Phi) is 5.01. The lowest BCUT2D eigenvalue weighted by Crippen LogP contribution is -2.00. The summed E-state index contributed by atoms with van der Waals surface area (Å²) in [6.07, 6.45) is -0.300. The van der Waals surface area contributed by atoms with Crippen molar-refractivity contribution in [1.82, 2.24) is 5.16 Å². The molecule has 0 atom stereocenters. The van der Waals surface area contributed by atoms with Crippen molar-refractivity contribution in [2.24, 2.45) is 0 Å². The van der Waals surface area contributed by atoms with Crippen molar-refractivity contribution in [3.63, 3.8) is 0 Å². The lowest BCUT2D eigenvalue weighted by atomic mass is 10.3. The molecule has 18 heavy (non-hydrogen) atoms. The van der Waals surface area contributed by atoms with Crippen molar-refractivity contribution in [3.8, 4) is 0 Å². The molecule has 0 aliphatic carbocycles. The molecule has 0 fully saturated rings. The van der Waals surface area contributed by atoms with E-state index in [-0.39, 0.29) is 36.5 Å². The van der Waals surface area contributed by atoms with Gasteiger partial charge in [-0.05, 0) is 20.8 Å². The standard InChI is InChI=1S/C9H15N2O6P/c1-4-15-18(14,16-5-2)6-8-9(11(12)13)7(3)10-17-8/h4-6H2,1-3H3. The molecule has 0 bridgehead atoms. The maximum absolute atomic E-state index is 12.2. The second-order valence-electron chi connectivity index (χ2n) is 3.40. The van der Waals surface area contributed by atoms with Gasteiger partial charge in [-0.3, -0.25) is 14.7 Å². The first kappa shape index (κ1) is 14.8. The zero-order valence-corrected chi connectivity index (χ0v) is 11.3. The maximum atomic E-state index is 12.2. The Morgan fingerprint density at radius 2 is 1.94 bits per heavy atom. The smallest absolute Gasteiger partial charge is 0.338 e. The van der Waals surface area contributed by atoms with Gasteiger partial charge in [0.2, 0.25) is 5.76 Å². The van der Waals surface area contributed by atoms with Gasteiger partial charge in [-0.15, -0.1) is 0 Å². The Balaban J connectivity index is 3.01. The average Bonchev–Trinajstić information content (AvgIpc) is 2.59. The van der Waals surface area contributed by atoms with Crippen molar-refractivity contribution in [3.05, 3.63) is 21.6 Å². The molecule has 1 aromatic heterocycles. The van der Waals surface area contributed by atoms with E-state index in [1.165, 1.54) is 6.92 Å². The van der Waals surface area contributed by atoms with E-state index in [1.807, 2.05) is 0 Å². The van der Waals surface area contributed by atoms with Gasteiger partial charge in [-0.2, -0.15) is 0 Å². The van der Waals surface area contributed by atoms with Crippen LogP contribution in [0.5, 0.6) is 0 Å². The van der Waals surface area contributed by atoms with Gasteiger partial charge in [0, 0.05) is 0 Å². The molecule has 0 aliphatic rings. The Morgan fingerprint density at radius 3 is 2.39 bits per heavy atom. The summed E-state index contributed by atoms with van der Waals surface area (Å²) in [5.41, 5.74) is -0.149. The predicted molar refractivity (Wildman–Crippen MR) is 62.5 cm³/mol.